The number of carbonyl (C=O) groups is 1. The molecule has 0 amide bonds. The fourth-order valence-electron chi connectivity index (χ4n) is 2.88. The van der Waals surface area contributed by atoms with Crippen LogP contribution in [0.15, 0.2) is 18.2 Å². The highest BCUT2D eigenvalue weighted by Crippen LogP contribution is 2.40. The molecule has 0 aliphatic heterocycles. The Bertz CT molecular complexity index is 485. The molecule has 96 valence electrons. The Hall–Kier alpha value is -1.57. The minimum absolute atomic E-state index is 0.432. The Morgan fingerprint density at radius 3 is 2.17 bits per heavy atom. The molecule has 0 atom stereocenters. The van der Waals surface area contributed by atoms with Crippen molar-refractivity contribution in [2.45, 2.75) is 40.0 Å². The van der Waals surface area contributed by atoms with Crippen LogP contribution in [0, 0.1) is 26.7 Å². The van der Waals surface area contributed by atoms with E-state index >= 15 is 0 Å². The van der Waals surface area contributed by atoms with Gasteiger partial charge in [0, 0.05) is 6.08 Å². The van der Waals surface area contributed by atoms with E-state index in [1.165, 1.54) is 29.2 Å². The van der Waals surface area contributed by atoms with E-state index in [-0.39, 0.29) is 0 Å². The molecule has 0 heterocycles. The van der Waals surface area contributed by atoms with E-state index < -0.39 is 5.97 Å². The lowest BCUT2D eigenvalue weighted by molar-refractivity contribution is -0.131. The van der Waals surface area contributed by atoms with Crippen molar-refractivity contribution in [1.29, 1.82) is 0 Å². The molecule has 0 aromatic heterocycles. The smallest absolute Gasteiger partial charge is 0.328 e. The van der Waals surface area contributed by atoms with Crippen LogP contribution in [-0.2, 0) is 4.79 Å². The van der Waals surface area contributed by atoms with Gasteiger partial charge in [0.25, 0.3) is 0 Å². The van der Waals surface area contributed by atoms with E-state index in [1.807, 2.05) is 0 Å². The molecule has 0 unspecified atom stereocenters. The fraction of sp³-hybridized carbons (Fsp3) is 0.438. The standard InChI is InChI=1S/C16H20O2/c1-10-7-11(2)16(12(3)8-10)14(9-15(17)18)13-5-4-6-13/h7-9,13H,4-6H2,1-3H3,(H,17,18)/b14-9+. The number of hydrogen-bond donors (Lipinski definition) is 1. The van der Waals surface area contributed by atoms with Gasteiger partial charge in [-0.25, -0.2) is 4.79 Å². The predicted octanol–water partition coefficient (Wildman–Crippen LogP) is 3.88. The average Bonchev–Trinajstić information content (AvgIpc) is 2.11. The number of hydrogen-bond acceptors (Lipinski definition) is 1. The molecule has 2 heteroatoms. The number of benzene rings is 1. The van der Waals surface area contributed by atoms with Gasteiger partial charge >= 0.3 is 5.97 Å². The van der Waals surface area contributed by atoms with Crippen molar-refractivity contribution in [3.63, 3.8) is 0 Å². The van der Waals surface area contributed by atoms with Crippen molar-refractivity contribution >= 4 is 11.5 Å². The summed E-state index contributed by atoms with van der Waals surface area (Å²) in [6.07, 6.45) is 4.86. The molecule has 18 heavy (non-hydrogen) atoms. The highest BCUT2D eigenvalue weighted by atomic mass is 16.4. The van der Waals surface area contributed by atoms with Crippen LogP contribution in [0.2, 0.25) is 0 Å². The van der Waals surface area contributed by atoms with E-state index in [0.717, 1.165) is 24.0 Å². The number of aliphatic carboxylic acids is 1. The Kier molecular flexibility index (Phi) is 3.55. The van der Waals surface area contributed by atoms with Gasteiger partial charge in [-0.15, -0.1) is 0 Å². The van der Waals surface area contributed by atoms with Crippen LogP contribution in [-0.4, -0.2) is 11.1 Å². The Labute approximate surface area is 108 Å². The molecule has 1 saturated carbocycles. The zero-order chi connectivity index (χ0) is 13.3. The van der Waals surface area contributed by atoms with Crippen LogP contribution in [0.5, 0.6) is 0 Å². The first kappa shape index (κ1) is 12.9. The van der Waals surface area contributed by atoms with E-state index in [0.29, 0.717) is 5.92 Å². The van der Waals surface area contributed by atoms with Gasteiger partial charge in [-0.3, -0.25) is 0 Å². The molecule has 1 aromatic rings. The van der Waals surface area contributed by atoms with Crippen molar-refractivity contribution < 1.29 is 9.90 Å². The second-order valence-corrected chi connectivity index (χ2v) is 5.34. The van der Waals surface area contributed by atoms with Crippen molar-refractivity contribution in [2.24, 2.45) is 5.92 Å². The van der Waals surface area contributed by atoms with Crippen LogP contribution in [0.3, 0.4) is 0 Å². The summed E-state index contributed by atoms with van der Waals surface area (Å²) in [6, 6.07) is 4.27. The molecule has 1 aliphatic rings. The van der Waals surface area contributed by atoms with Gasteiger partial charge in [0.1, 0.15) is 0 Å². The van der Waals surface area contributed by atoms with Gasteiger partial charge in [0.15, 0.2) is 0 Å². The van der Waals surface area contributed by atoms with Gasteiger partial charge < -0.3 is 5.11 Å². The van der Waals surface area contributed by atoms with Crippen LogP contribution < -0.4 is 0 Å². The van der Waals surface area contributed by atoms with Gasteiger partial charge in [-0.2, -0.15) is 0 Å². The maximum Gasteiger partial charge on any atom is 0.328 e. The number of aryl methyl sites for hydroxylation is 3. The first-order valence-corrected chi connectivity index (χ1v) is 6.51. The first-order chi connectivity index (χ1) is 8.49. The summed E-state index contributed by atoms with van der Waals surface area (Å²) >= 11 is 0. The molecule has 1 N–H and O–H groups in total. The lowest BCUT2D eigenvalue weighted by atomic mass is 9.75. The molecule has 0 saturated heterocycles. The summed E-state index contributed by atoms with van der Waals surface area (Å²) in [5.41, 5.74) is 5.77. The normalized spacial score (nSPS) is 16.5. The molecule has 0 radical (unpaired) electrons. The van der Waals surface area contributed by atoms with E-state index in [4.69, 9.17) is 5.11 Å². The summed E-state index contributed by atoms with van der Waals surface area (Å²) in [5.74, 6) is -0.405. The second kappa shape index (κ2) is 4.97. The summed E-state index contributed by atoms with van der Waals surface area (Å²) in [6.45, 7) is 6.22. The van der Waals surface area contributed by atoms with Gasteiger partial charge in [0.2, 0.25) is 0 Å². The van der Waals surface area contributed by atoms with E-state index in [1.54, 1.807) is 0 Å². The Morgan fingerprint density at radius 2 is 1.78 bits per heavy atom. The Balaban J connectivity index is 2.52. The minimum atomic E-state index is -0.837. The lowest BCUT2D eigenvalue weighted by Crippen LogP contribution is -2.15. The van der Waals surface area contributed by atoms with Gasteiger partial charge in [0.05, 0.1) is 0 Å². The summed E-state index contributed by atoms with van der Waals surface area (Å²) < 4.78 is 0. The van der Waals surface area contributed by atoms with Gasteiger partial charge in [-0.05, 0) is 61.8 Å². The number of rotatable bonds is 3. The van der Waals surface area contributed by atoms with E-state index in [2.05, 4.69) is 32.9 Å². The quantitative estimate of drug-likeness (QED) is 0.819. The maximum atomic E-state index is 11.0. The molecule has 0 bridgehead atoms. The monoisotopic (exact) mass is 244 g/mol. The van der Waals surface area contributed by atoms with Crippen LogP contribution >= 0.6 is 0 Å². The third kappa shape index (κ3) is 2.47. The van der Waals surface area contributed by atoms with Crippen molar-refractivity contribution in [3.8, 4) is 0 Å². The lowest BCUT2D eigenvalue weighted by Gasteiger charge is -2.30. The molecule has 2 rings (SSSR count). The van der Waals surface area contributed by atoms with Crippen LogP contribution in [0.4, 0.5) is 0 Å². The molecule has 2 nitrogen and oxygen atoms in total. The second-order valence-electron chi connectivity index (χ2n) is 5.34. The van der Waals surface area contributed by atoms with Crippen LogP contribution in [0.1, 0.15) is 41.5 Å². The molecular formula is C16H20O2. The molecule has 1 fully saturated rings. The zero-order valence-electron chi connectivity index (χ0n) is 11.3. The zero-order valence-corrected chi connectivity index (χ0v) is 11.3. The highest BCUT2D eigenvalue weighted by molar-refractivity contribution is 5.91. The maximum absolute atomic E-state index is 11.0. The summed E-state index contributed by atoms with van der Waals surface area (Å²) in [5, 5.41) is 9.07. The molecule has 1 aliphatic carbocycles. The highest BCUT2D eigenvalue weighted by Gasteiger charge is 2.25. The number of carboxylic acids is 1. The molecule has 0 spiro atoms. The third-order valence-electron chi connectivity index (χ3n) is 3.79. The first-order valence-electron chi connectivity index (χ1n) is 6.51. The summed E-state index contributed by atoms with van der Waals surface area (Å²) in [7, 11) is 0. The average molecular weight is 244 g/mol. The van der Waals surface area contributed by atoms with Crippen molar-refractivity contribution in [3.05, 3.63) is 40.5 Å². The van der Waals surface area contributed by atoms with Crippen molar-refractivity contribution in [2.75, 3.05) is 0 Å². The molecule has 1 aromatic carbocycles. The molecular weight excluding hydrogens is 224 g/mol. The number of allylic oxidation sites excluding steroid dienone is 1. The fourth-order valence-corrected chi connectivity index (χ4v) is 2.88. The largest absolute Gasteiger partial charge is 0.478 e. The number of carboxylic acid groups (broad SMARTS) is 1. The predicted molar refractivity (Wildman–Crippen MR) is 73.6 cm³/mol. The SMILES string of the molecule is Cc1cc(C)c(/C(=C/C(=O)O)C2CCC2)c(C)c1. The summed E-state index contributed by atoms with van der Waals surface area (Å²) in [4.78, 5) is 11.0. The third-order valence-corrected chi connectivity index (χ3v) is 3.79. The van der Waals surface area contributed by atoms with Crippen molar-refractivity contribution in [1.82, 2.24) is 0 Å². The van der Waals surface area contributed by atoms with Crippen LogP contribution in [0.25, 0.3) is 5.57 Å². The van der Waals surface area contributed by atoms with E-state index in [9.17, 15) is 4.79 Å². The Morgan fingerprint density at radius 1 is 1.22 bits per heavy atom. The topological polar surface area (TPSA) is 37.3 Å². The van der Waals surface area contributed by atoms with Gasteiger partial charge in [-0.1, -0.05) is 24.1 Å². The minimum Gasteiger partial charge on any atom is -0.478 e.